The van der Waals surface area contributed by atoms with E-state index in [9.17, 15) is 14.7 Å². The zero-order valence-corrected chi connectivity index (χ0v) is 21.9. The molecule has 1 atom stereocenters. The van der Waals surface area contributed by atoms with Crippen molar-refractivity contribution in [2.45, 2.75) is 12.5 Å². The molecular formula is C31H32N2O6. The number of amides is 1. The van der Waals surface area contributed by atoms with Gasteiger partial charge in [0.15, 0.2) is 0 Å². The summed E-state index contributed by atoms with van der Waals surface area (Å²) in [5.74, 6) is 0.332. The number of para-hydroxylation sites is 1. The van der Waals surface area contributed by atoms with Gasteiger partial charge in [-0.1, -0.05) is 30.3 Å². The first-order valence-corrected chi connectivity index (χ1v) is 13.1. The lowest BCUT2D eigenvalue weighted by molar-refractivity contribution is -0.140. The topological polar surface area (TPSA) is 88.5 Å². The molecule has 0 spiro atoms. The molecule has 8 heteroatoms. The number of hydrogen-bond donors (Lipinski definition) is 1. The summed E-state index contributed by atoms with van der Waals surface area (Å²) in [5.41, 5.74) is 1.18. The van der Waals surface area contributed by atoms with Crippen molar-refractivity contribution in [2.75, 3.05) is 46.5 Å². The molecule has 0 saturated carbocycles. The minimum Gasteiger partial charge on any atom is -0.507 e. The lowest BCUT2D eigenvalue weighted by atomic mass is 9.95. The molecule has 0 aliphatic carbocycles. The number of aliphatic hydroxyl groups is 1. The number of ketones is 1. The summed E-state index contributed by atoms with van der Waals surface area (Å²) in [6.45, 7) is 4.24. The van der Waals surface area contributed by atoms with E-state index in [1.54, 1.807) is 36.3 Å². The third-order valence-corrected chi connectivity index (χ3v) is 7.03. The van der Waals surface area contributed by atoms with Crippen molar-refractivity contribution in [2.24, 2.45) is 0 Å². The van der Waals surface area contributed by atoms with Gasteiger partial charge in [-0.2, -0.15) is 0 Å². The smallest absolute Gasteiger partial charge is 0.295 e. The number of morpholine rings is 1. The molecular weight excluding hydrogens is 496 g/mol. The van der Waals surface area contributed by atoms with Crippen LogP contribution in [0.5, 0.6) is 17.2 Å². The molecule has 202 valence electrons. The summed E-state index contributed by atoms with van der Waals surface area (Å²) in [6.07, 6.45) is 0.687. The Bertz CT molecular complexity index is 1330. The molecule has 2 fully saturated rings. The van der Waals surface area contributed by atoms with Crippen LogP contribution in [0.25, 0.3) is 5.76 Å². The van der Waals surface area contributed by atoms with Gasteiger partial charge >= 0.3 is 0 Å². The third kappa shape index (κ3) is 5.97. The summed E-state index contributed by atoms with van der Waals surface area (Å²) >= 11 is 0. The molecule has 1 unspecified atom stereocenters. The molecule has 2 heterocycles. The van der Waals surface area contributed by atoms with Crippen LogP contribution in [-0.4, -0.2) is 73.1 Å². The van der Waals surface area contributed by atoms with Crippen LogP contribution in [0.1, 0.15) is 23.6 Å². The Kier molecular flexibility index (Phi) is 8.24. The number of carbonyl (C=O) groups is 2. The second-order valence-electron chi connectivity index (χ2n) is 9.52. The molecule has 5 rings (SSSR count). The number of Topliss-reactive ketones (excluding diaryl/α,β-unsaturated/α-hetero) is 1. The Morgan fingerprint density at radius 2 is 1.62 bits per heavy atom. The van der Waals surface area contributed by atoms with Crippen LogP contribution in [0.4, 0.5) is 0 Å². The van der Waals surface area contributed by atoms with Crippen molar-refractivity contribution < 1.29 is 28.9 Å². The van der Waals surface area contributed by atoms with Crippen molar-refractivity contribution in [3.05, 3.63) is 95.6 Å². The molecule has 39 heavy (non-hydrogen) atoms. The lowest BCUT2D eigenvalue weighted by Gasteiger charge is -2.29. The fraction of sp³-hybridized carbons (Fsp3) is 0.290. The maximum atomic E-state index is 13.4. The monoisotopic (exact) mass is 528 g/mol. The second kappa shape index (κ2) is 12.1. The Hall–Kier alpha value is -4.14. The number of likely N-dealkylation sites (tertiary alicyclic amines) is 1. The van der Waals surface area contributed by atoms with E-state index in [4.69, 9.17) is 14.2 Å². The standard InChI is InChI=1S/C31H32N2O6/c1-37-24-13-11-22(12-14-24)29(34)27-28(23-7-5-10-26(21-23)39-25-8-3-2-4-9-25)33(31(36)30(27)35)16-6-15-32-17-19-38-20-18-32/h2-5,7-14,21,28,34H,6,15-20H2,1H3/b29-27-. The van der Waals surface area contributed by atoms with Crippen LogP contribution in [0.3, 0.4) is 0 Å². The van der Waals surface area contributed by atoms with Crippen molar-refractivity contribution in [1.29, 1.82) is 0 Å². The van der Waals surface area contributed by atoms with Gasteiger partial charge in [-0.05, 0) is 60.5 Å². The first-order chi connectivity index (χ1) is 19.0. The van der Waals surface area contributed by atoms with Crippen LogP contribution < -0.4 is 9.47 Å². The highest BCUT2D eigenvalue weighted by atomic mass is 16.5. The summed E-state index contributed by atoms with van der Waals surface area (Å²) in [5, 5.41) is 11.3. The summed E-state index contributed by atoms with van der Waals surface area (Å²) < 4.78 is 16.7. The van der Waals surface area contributed by atoms with E-state index >= 15 is 0 Å². The highest BCUT2D eigenvalue weighted by molar-refractivity contribution is 6.46. The number of methoxy groups -OCH3 is 1. The van der Waals surface area contributed by atoms with E-state index < -0.39 is 17.7 Å². The molecule has 2 aliphatic heterocycles. The van der Waals surface area contributed by atoms with Crippen molar-refractivity contribution in [1.82, 2.24) is 9.80 Å². The zero-order valence-electron chi connectivity index (χ0n) is 21.9. The van der Waals surface area contributed by atoms with Gasteiger partial charge in [-0.15, -0.1) is 0 Å². The minimum absolute atomic E-state index is 0.0633. The molecule has 1 N–H and O–H groups in total. The molecule has 0 bridgehead atoms. The van der Waals surface area contributed by atoms with E-state index in [2.05, 4.69) is 4.90 Å². The predicted molar refractivity (Wildman–Crippen MR) is 147 cm³/mol. The summed E-state index contributed by atoms with van der Waals surface area (Å²) in [4.78, 5) is 30.6. The van der Waals surface area contributed by atoms with Gasteiger partial charge < -0.3 is 24.2 Å². The van der Waals surface area contributed by atoms with Gasteiger partial charge in [0.2, 0.25) is 0 Å². The highest BCUT2D eigenvalue weighted by Gasteiger charge is 2.46. The normalized spacial score (nSPS) is 19.3. The first-order valence-electron chi connectivity index (χ1n) is 13.1. The van der Waals surface area contributed by atoms with E-state index in [0.29, 0.717) is 54.6 Å². The Morgan fingerprint density at radius 1 is 0.897 bits per heavy atom. The van der Waals surface area contributed by atoms with Gasteiger partial charge in [0.05, 0.1) is 31.9 Å². The van der Waals surface area contributed by atoms with Gasteiger partial charge in [-0.3, -0.25) is 14.5 Å². The molecule has 2 saturated heterocycles. The molecule has 3 aromatic rings. The van der Waals surface area contributed by atoms with E-state index in [1.165, 1.54) is 0 Å². The highest BCUT2D eigenvalue weighted by Crippen LogP contribution is 2.41. The van der Waals surface area contributed by atoms with Crippen molar-refractivity contribution in [3.63, 3.8) is 0 Å². The number of aliphatic hydroxyl groups excluding tert-OH is 1. The van der Waals surface area contributed by atoms with Gasteiger partial charge in [0, 0.05) is 31.7 Å². The SMILES string of the molecule is COc1ccc(/C(O)=C2/C(=O)C(=O)N(CCCN3CCOCC3)C2c2cccc(Oc3ccccc3)c2)cc1. The summed E-state index contributed by atoms with van der Waals surface area (Å²) in [7, 11) is 1.56. The third-order valence-electron chi connectivity index (χ3n) is 7.03. The molecule has 3 aromatic carbocycles. The fourth-order valence-electron chi connectivity index (χ4n) is 5.02. The van der Waals surface area contributed by atoms with E-state index in [1.807, 2.05) is 54.6 Å². The summed E-state index contributed by atoms with van der Waals surface area (Å²) in [6, 6.07) is 22.7. The molecule has 0 radical (unpaired) electrons. The number of rotatable bonds is 9. The zero-order chi connectivity index (χ0) is 27.2. The van der Waals surface area contributed by atoms with Crippen molar-refractivity contribution in [3.8, 4) is 17.2 Å². The largest absolute Gasteiger partial charge is 0.507 e. The molecule has 1 amide bonds. The molecule has 8 nitrogen and oxygen atoms in total. The lowest BCUT2D eigenvalue weighted by Crippen LogP contribution is -2.38. The van der Waals surface area contributed by atoms with Crippen molar-refractivity contribution >= 4 is 17.4 Å². The minimum atomic E-state index is -0.754. The quantitative estimate of drug-likeness (QED) is 0.246. The van der Waals surface area contributed by atoms with Crippen LogP contribution >= 0.6 is 0 Å². The number of benzene rings is 3. The number of hydrogen-bond acceptors (Lipinski definition) is 7. The average Bonchev–Trinajstić information content (AvgIpc) is 3.23. The average molecular weight is 529 g/mol. The van der Waals surface area contributed by atoms with E-state index in [0.717, 1.165) is 19.6 Å². The maximum absolute atomic E-state index is 13.4. The molecule has 0 aromatic heterocycles. The van der Waals surface area contributed by atoms with Crippen LogP contribution in [0.2, 0.25) is 0 Å². The van der Waals surface area contributed by atoms with Crippen LogP contribution in [0, 0.1) is 0 Å². The number of ether oxygens (including phenoxy) is 3. The Labute approximate surface area is 228 Å². The Morgan fingerprint density at radius 3 is 2.33 bits per heavy atom. The van der Waals surface area contributed by atoms with E-state index in [-0.39, 0.29) is 11.3 Å². The van der Waals surface area contributed by atoms with Gasteiger partial charge in [-0.25, -0.2) is 0 Å². The predicted octanol–water partition coefficient (Wildman–Crippen LogP) is 4.63. The number of carbonyl (C=O) groups excluding carboxylic acids is 2. The van der Waals surface area contributed by atoms with Gasteiger partial charge in [0.1, 0.15) is 23.0 Å². The fourth-order valence-corrected chi connectivity index (χ4v) is 5.02. The second-order valence-corrected chi connectivity index (χ2v) is 9.52. The first kappa shape index (κ1) is 26.5. The van der Waals surface area contributed by atoms with Crippen LogP contribution in [0.15, 0.2) is 84.4 Å². The van der Waals surface area contributed by atoms with Gasteiger partial charge in [0.25, 0.3) is 11.7 Å². The Balaban J connectivity index is 1.49. The number of nitrogens with zero attached hydrogens (tertiary/aromatic N) is 2. The van der Waals surface area contributed by atoms with Crippen LogP contribution in [-0.2, 0) is 14.3 Å². The molecule has 2 aliphatic rings. The maximum Gasteiger partial charge on any atom is 0.295 e.